The molecule has 64 valence electrons. The van der Waals surface area contributed by atoms with Crippen LogP contribution in [0.25, 0.3) is 0 Å². The third-order valence-electron chi connectivity index (χ3n) is 1.08. The van der Waals surface area contributed by atoms with Crippen LogP contribution in [-0.4, -0.2) is 26.5 Å². The van der Waals surface area contributed by atoms with Gasteiger partial charge in [0.2, 0.25) is 0 Å². The zero-order valence-corrected chi connectivity index (χ0v) is 12.9. The molecule has 0 aliphatic heterocycles. The van der Waals surface area contributed by atoms with Crippen molar-refractivity contribution < 1.29 is 0 Å². The van der Waals surface area contributed by atoms with Crippen LogP contribution in [-0.2, 0) is 0 Å². The second-order valence-corrected chi connectivity index (χ2v) is 26.7. The van der Waals surface area contributed by atoms with Crippen molar-refractivity contribution in [1.82, 2.24) is 0 Å². The molecule has 0 aromatic carbocycles. The minimum absolute atomic E-state index is 1.22. The Morgan fingerprint density at radius 1 is 0.909 bits per heavy atom. The first kappa shape index (κ1) is 11.6. The van der Waals surface area contributed by atoms with Crippen LogP contribution in [0.2, 0.25) is 39.8 Å². The fraction of sp³-hybridized carbons (Fsp3) is 0.778. The Bertz CT molecular complexity index is 170. The molecule has 0 fully saturated rings. The Morgan fingerprint density at radius 3 is 1.64 bits per heavy atom. The second-order valence-electron chi connectivity index (χ2n) is 5.29. The van der Waals surface area contributed by atoms with Gasteiger partial charge in [0, 0.05) is 0 Å². The van der Waals surface area contributed by atoms with Gasteiger partial charge in [0.1, 0.15) is 0 Å². The molecule has 0 radical (unpaired) electrons. The normalized spacial score (nSPS) is 12.2. The molecule has 0 aliphatic rings. The van der Waals surface area contributed by atoms with Gasteiger partial charge >= 0.3 is 77.0 Å². The molecule has 0 saturated heterocycles. The van der Waals surface area contributed by atoms with E-state index in [0.717, 1.165) is 0 Å². The van der Waals surface area contributed by atoms with E-state index in [4.69, 9.17) is 0 Å². The van der Waals surface area contributed by atoms with Crippen LogP contribution in [0.5, 0.6) is 0 Å². The number of hydrogen-bond donors (Lipinski definition) is 0. The molecule has 0 spiro atoms. The van der Waals surface area contributed by atoms with Gasteiger partial charge in [-0.25, -0.2) is 0 Å². The van der Waals surface area contributed by atoms with Crippen molar-refractivity contribution in [1.29, 1.82) is 0 Å². The van der Waals surface area contributed by atoms with Gasteiger partial charge in [0.05, 0.1) is 0 Å². The average Bonchev–Trinajstić information content (AvgIpc) is 1.55. The van der Waals surface area contributed by atoms with E-state index in [9.17, 15) is 0 Å². The minimum atomic E-state index is -1.53. The quantitative estimate of drug-likeness (QED) is 0.508. The predicted octanol–water partition coefficient (Wildman–Crippen LogP) is 3.21. The SMILES string of the molecule is [CH3][Ge]([CH3])([CH3])[C]#C[CH2][Ge]([CH3])([CH3])[CH3]. The van der Waals surface area contributed by atoms with Crippen LogP contribution in [0.1, 0.15) is 0 Å². The van der Waals surface area contributed by atoms with Crippen molar-refractivity contribution >= 4 is 26.5 Å². The van der Waals surface area contributed by atoms with Crippen molar-refractivity contribution in [3.63, 3.8) is 0 Å². The molecular formula is C9H20Ge2. The molecule has 0 saturated carbocycles. The molecule has 0 nitrogen and oxygen atoms in total. The molecule has 0 aromatic rings. The van der Waals surface area contributed by atoms with Crippen molar-refractivity contribution in [2.75, 3.05) is 0 Å². The third kappa shape index (κ3) is 10.6. The summed E-state index contributed by atoms with van der Waals surface area (Å²) < 4.78 is 3.46. The van der Waals surface area contributed by atoms with E-state index in [1.165, 1.54) is 5.25 Å². The van der Waals surface area contributed by atoms with Crippen LogP contribution >= 0.6 is 0 Å². The first-order valence-electron chi connectivity index (χ1n) is 4.21. The van der Waals surface area contributed by atoms with E-state index in [-0.39, 0.29) is 0 Å². The number of rotatable bonds is 1. The van der Waals surface area contributed by atoms with Crippen LogP contribution in [0.15, 0.2) is 0 Å². The summed E-state index contributed by atoms with van der Waals surface area (Å²) in [5.74, 6) is 17.7. The summed E-state index contributed by atoms with van der Waals surface area (Å²) in [6, 6.07) is 0. The summed E-state index contributed by atoms with van der Waals surface area (Å²) in [6.07, 6.45) is 0. The molecule has 0 rings (SSSR count). The molecule has 11 heavy (non-hydrogen) atoms. The van der Waals surface area contributed by atoms with Gasteiger partial charge < -0.3 is 0 Å². The molecule has 0 aromatic heterocycles. The maximum absolute atomic E-state index is 3.46. The summed E-state index contributed by atoms with van der Waals surface area (Å²) in [7, 11) is 0. The Morgan fingerprint density at radius 2 is 1.36 bits per heavy atom. The van der Waals surface area contributed by atoms with Crippen LogP contribution < -0.4 is 0 Å². The fourth-order valence-electron chi connectivity index (χ4n) is 0.575. The topological polar surface area (TPSA) is 0 Å². The summed E-state index contributed by atoms with van der Waals surface area (Å²) in [4.78, 5) is 0. The van der Waals surface area contributed by atoms with Crippen molar-refractivity contribution in [2.24, 2.45) is 0 Å². The monoisotopic (exact) mass is 276 g/mol. The standard InChI is InChI=1S/C9H20Ge2/c1-10(2,3)8-7-9-11(4,5)6/h8H2,1-6H3. The molecule has 2 heteroatoms. The Balaban J connectivity index is 3.94. The average molecular weight is 273 g/mol. The van der Waals surface area contributed by atoms with E-state index in [1.54, 1.807) is 0 Å². The van der Waals surface area contributed by atoms with E-state index in [0.29, 0.717) is 0 Å². The summed E-state index contributed by atoms with van der Waals surface area (Å²) in [6.45, 7) is 0. The van der Waals surface area contributed by atoms with Crippen molar-refractivity contribution in [2.45, 2.75) is 39.8 Å². The van der Waals surface area contributed by atoms with Crippen LogP contribution in [0.3, 0.4) is 0 Å². The van der Waals surface area contributed by atoms with Gasteiger partial charge in [-0.2, -0.15) is 0 Å². The summed E-state index contributed by atoms with van der Waals surface area (Å²) in [5, 5.41) is 1.22. The van der Waals surface area contributed by atoms with Crippen molar-refractivity contribution in [3.8, 4) is 10.7 Å². The van der Waals surface area contributed by atoms with Gasteiger partial charge in [-0.15, -0.1) is 0 Å². The molecular weight excluding hydrogens is 253 g/mol. The molecule has 0 bridgehead atoms. The summed E-state index contributed by atoms with van der Waals surface area (Å²) >= 11 is -2.88. The van der Waals surface area contributed by atoms with Gasteiger partial charge in [-0.05, 0) is 0 Å². The summed E-state index contributed by atoms with van der Waals surface area (Å²) in [5.41, 5.74) is 0. The van der Waals surface area contributed by atoms with Crippen molar-refractivity contribution in [3.05, 3.63) is 0 Å². The van der Waals surface area contributed by atoms with Gasteiger partial charge in [-0.3, -0.25) is 0 Å². The van der Waals surface area contributed by atoms with E-state index >= 15 is 0 Å². The molecule has 0 aliphatic carbocycles. The molecule has 0 amide bonds. The third-order valence-corrected chi connectivity index (χ3v) is 5.62. The van der Waals surface area contributed by atoms with Gasteiger partial charge in [0.25, 0.3) is 0 Å². The van der Waals surface area contributed by atoms with Gasteiger partial charge in [-0.1, -0.05) is 0 Å². The predicted molar refractivity (Wildman–Crippen MR) is 59.3 cm³/mol. The zero-order chi connectivity index (χ0) is 9.12. The maximum atomic E-state index is 3.46. The van der Waals surface area contributed by atoms with E-state index in [1.807, 2.05) is 0 Å². The number of hydrogen-bond acceptors (Lipinski definition) is 0. The molecule has 0 heterocycles. The Kier molecular flexibility index (Phi) is 4.28. The Labute approximate surface area is 76.9 Å². The van der Waals surface area contributed by atoms with Crippen LogP contribution in [0, 0.1) is 10.7 Å². The first-order chi connectivity index (χ1) is 4.71. The molecule has 0 unspecified atom stereocenters. The van der Waals surface area contributed by atoms with E-state index < -0.39 is 26.5 Å². The Hall–Kier alpha value is 0.646. The zero-order valence-electron chi connectivity index (χ0n) is 8.71. The first-order valence-corrected chi connectivity index (χ1v) is 19.3. The van der Waals surface area contributed by atoms with Crippen LogP contribution in [0.4, 0.5) is 0 Å². The fourth-order valence-corrected chi connectivity index (χ4v) is 3.95. The molecule has 0 atom stereocenters. The van der Waals surface area contributed by atoms with E-state index in [2.05, 4.69) is 45.2 Å². The molecule has 0 N–H and O–H groups in total. The second kappa shape index (κ2) is 4.05. The van der Waals surface area contributed by atoms with Gasteiger partial charge in [0.15, 0.2) is 0 Å².